The van der Waals surface area contributed by atoms with E-state index in [0.717, 1.165) is 11.1 Å². The summed E-state index contributed by atoms with van der Waals surface area (Å²) >= 11 is 0. The number of benzene rings is 1. The van der Waals surface area contributed by atoms with E-state index < -0.39 is 6.04 Å². The van der Waals surface area contributed by atoms with Crippen LogP contribution in [0.25, 0.3) is 11.5 Å². The van der Waals surface area contributed by atoms with Crippen LogP contribution in [0, 0.1) is 6.92 Å². The predicted octanol–water partition coefficient (Wildman–Crippen LogP) is 1.70. The lowest BCUT2D eigenvalue weighted by atomic mass is 10.1. The van der Waals surface area contributed by atoms with Crippen LogP contribution in [0.4, 0.5) is 0 Å². The monoisotopic (exact) mass is 263 g/mol. The third-order valence-electron chi connectivity index (χ3n) is 2.70. The molecule has 0 spiro atoms. The van der Waals surface area contributed by atoms with Gasteiger partial charge in [0.25, 0.3) is 5.89 Å². The third kappa shape index (κ3) is 2.91. The minimum Gasteiger partial charge on any atom is -0.496 e. The van der Waals surface area contributed by atoms with Crippen molar-refractivity contribution in [3.63, 3.8) is 0 Å². The summed E-state index contributed by atoms with van der Waals surface area (Å²) in [5.74, 6) is 1.49. The Morgan fingerprint density at radius 3 is 2.84 bits per heavy atom. The lowest BCUT2D eigenvalue weighted by Gasteiger charge is -2.05. The molecular weight excluding hydrogens is 246 g/mol. The van der Waals surface area contributed by atoms with Crippen molar-refractivity contribution in [1.82, 2.24) is 10.1 Å². The van der Waals surface area contributed by atoms with Crippen molar-refractivity contribution in [3.05, 3.63) is 29.6 Å². The number of rotatable bonds is 5. The van der Waals surface area contributed by atoms with Gasteiger partial charge in [-0.15, -0.1) is 0 Å². The molecule has 0 saturated heterocycles. The maximum absolute atomic E-state index is 5.86. The molecular formula is C13H17N3O3. The molecule has 1 aromatic carbocycles. The molecule has 1 atom stereocenters. The molecule has 1 heterocycles. The summed E-state index contributed by atoms with van der Waals surface area (Å²) in [5, 5.41) is 3.87. The van der Waals surface area contributed by atoms with Gasteiger partial charge in [-0.2, -0.15) is 4.98 Å². The van der Waals surface area contributed by atoms with Gasteiger partial charge in [-0.05, 0) is 19.1 Å². The van der Waals surface area contributed by atoms with Crippen LogP contribution in [-0.2, 0) is 4.74 Å². The molecule has 102 valence electrons. The van der Waals surface area contributed by atoms with E-state index in [1.807, 2.05) is 25.1 Å². The molecule has 0 amide bonds. The first kappa shape index (κ1) is 13.5. The van der Waals surface area contributed by atoms with Gasteiger partial charge in [0.1, 0.15) is 5.75 Å². The van der Waals surface area contributed by atoms with Crippen LogP contribution in [0.2, 0.25) is 0 Å². The van der Waals surface area contributed by atoms with Gasteiger partial charge >= 0.3 is 0 Å². The van der Waals surface area contributed by atoms with Gasteiger partial charge in [0.15, 0.2) is 5.82 Å². The molecule has 0 saturated carbocycles. The maximum atomic E-state index is 5.86. The first-order valence-electron chi connectivity index (χ1n) is 5.89. The van der Waals surface area contributed by atoms with Crippen molar-refractivity contribution < 1.29 is 14.0 Å². The Morgan fingerprint density at radius 1 is 1.37 bits per heavy atom. The number of ether oxygens (including phenoxy) is 2. The Bertz CT molecular complexity index is 554. The average molecular weight is 263 g/mol. The van der Waals surface area contributed by atoms with Crippen LogP contribution >= 0.6 is 0 Å². The Labute approximate surface area is 111 Å². The zero-order valence-electron chi connectivity index (χ0n) is 11.2. The summed E-state index contributed by atoms with van der Waals surface area (Å²) in [6.07, 6.45) is 0. The summed E-state index contributed by atoms with van der Waals surface area (Å²) in [4.78, 5) is 4.29. The second-order valence-electron chi connectivity index (χ2n) is 4.22. The summed E-state index contributed by atoms with van der Waals surface area (Å²) in [5.41, 5.74) is 7.69. The van der Waals surface area contributed by atoms with Crippen LogP contribution in [0.15, 0.2) is 22.7 Å². The van der Waals surface area contributed by atoms with E-state index in [2.05, 4.69) is 10.1 Å². The summed E-state index contributed by atoms with van der Waals surface area (Å²) < 4.78 is 15.5. The molecule has 0 aliphatic rings. The van der Waals surface area contributed by atoms with Gasteiger partial charge < -0.3 is 19.7 Å². The average Bonchev–Trinajstić information content (AvgIpc) is 2.88. The minimum absolute atomic E-state index is 0.337. The molecule has 0 bridgehead atoms. The summed E-state index contributed by atoms with van der Waals surface area (Å²) in [6, 6.07) is 5.34. The van der Waals surface area contributed by atoms with E-state index in [1.54, 1.807) is 14.2 Å². The minimum atomic E-state index is -0.404. The molecule has 0 aliphatic heterocycles. The van der Waals surface area contributed by atoms with Gasteiger partial charge in [0.2, 0.25) is 0 Å². The van der Waals surface area contributed by atoms with Crippen LogP contribution in [-0.4, -0.2) is 31.0 Å². The number of nitrogens with two attached hydrogens (primary N) is 1. The highest BCUT2D eigenvalue weighted by atomic mass is 16.5. The van der Waals surface area contributed by atoms with Crippen molar-refractivity contribution in [2.24, 2.45) is 5.73 Å². The third-order valence-corrected chi connectivity index (χ3v) is 2.70. The molecule has 2 rings (SSSR count). The van der Waals surface area contributed by atoms with Crippen LogP contribution < -0.4 is 10.5 Å². The van der Waals surface area contributed by atoms with Gasteiger partial charge in [-0.25, -0.2) is 0 Å². The van der Waals surface area contributed by atoms with E-state index in [1.165, 1.54) is 0 Å². The zero-order valence-corrected chi connectivity index (χ0v) is 11.2. The van der Waals surface area contributed by atoms with Crippen LogP contribution in [0.1, 0.15) is 17.4 Å². The van der Waals surface area contributed by atoms with Crippen molar-refractivity contribution in [2.45, 2.75) is 13.0 Å². The van der Waals surface area contributed by atoms with E-state index >= 15 is 0 Å². The molecule has 6 heteroatoms. The lowest BCUT2D eigenvalue weighted by Crippen LogP contribution is -2.17. The van der Waals surface area contributed by atoms with Crippen molar-refractivity contribution >= 4 is 0 Å². The first-order valence-corrected chi connectivity index (χ1v) is 5.89. The van der Waals surface area contributed by atoms with E-state index in [-0.39, 0.29) is 0 Å². The van der Waals surface area contributed by atoms with Crippen molar-refractivity contribution in [3.8, 4) is 17.2 Å². The number of aromatic nitrogens is 2. The molecule has 1 aromatic heterocycles. The normalized spacial score (nSPS) is 12.4. The smallest absolute Gasteiger partial charge is 0.261 e. The maximum Gasteiger partial charge on any atom is 0.261 e. The number of hydrogen-bond donors (Lipinski definition) is 1. The van der Waals surface area contributed by atoms with Gasteiger partial charge in [-0.1, -0.05) is 16.8 Å². The second kappa shape index (κ2) is 5.81. The first-order chi connectivity index (χ1) is 9.15. The topological polar surface area (TPSA) is 83.4 Å². The van der Waals surface area contributed by atoms with Crippen molar-refractivity contribution in [2.75, 3.05) is 20.8 Å². The fraction of sp³-hybridized carbons (Fsp3) is 0.385. The van der Waals surface area contributed by atoms with E-state index in [9.17, 15) is 0 Å². The molecule has 6 nitrogen and oxygen atoms in total. The number of methoxy groups -OCH3 is 2. The lowest BCUT2D eigenvalue weighted by molar-refractivity contribution is 0.177. The highest BCUT2D eigenvalue weighted by molar-refractivity contribution is 5.63. The number of nitrogens with zero attached hydrogens (tertiary/aromatic N) is 2. The molecule has 1 unspecified atom stereocenters. The predicted molar refractivity (Wildman–Crippen MR) is 69.8 cm³/mol. The fourth-order valence-corrected chi connectivity index (χ4v) is 1.74. The Balaban J connectivity index is 2.34. The van der Waals surface area contributed by atoms with Crippen LogP contribution in [0.3, 0.4) is 0 Å². The second-order valence-corrected chi connectivity index (χ2v) is 4.22. The van der Waals surface area contributed by atoms with Gasteiger partial charge in [0.05, 0.1) is 25.3 Å². The highest BCUT2D eigenvalue weighted by Crippen LogP contribution is 2.29. The number of aryl methyl sites for hydroxylation is 1. The molecule has 2 aromatic rings. The summed E-state index contributed by atoms with van der Waals surface area (Å²) in [6.45, 7) is 2.32. The Kier molecular flexibility index (Phi) is 4.13. The van der Waals surface area contributed by atoms with Gasteiger partial charge in [0, 0.05) is 7.11 Å². The van der Waals surface area contributed by atoms with Crippen molar-refractivity contribution in [1.29, 1.82) is 0 Å². The Hall–Kier alpha value is -1.92. The standard InChI is InChI=1S/C13H17N3O3/c1-8-4-5-11(18-3)9(6-8)13-15-12(16-19-13)10(14)7-17-2/h4-6,10H,7,14H2,1-3H3. The molecule has 19 heavy (non-hydrogen) atoms. The molecule has 0 aliphatic carbocycles. The largest absolute Gasteiger partial charge is 0.496 e. The zero-order chi connectivity index (χ0) is 13.8. The van der Waals surface area contributed by atoms with Crippen LogP contribution in [0.5, 0.6) is 5.75 Å². The van der Waals surface area contributed by atoms with E-state index in [4.69, 9.17) is 19.7 Å². The molecule has 0 fully saturated rings. The molecule has 0 radical (unpaired) electrons. The SMILES string of the molecule is COCC(N)c1noc(-c2cc(C)ccc2OC)n1. The quantitative estimate of drug-likeness (QED) is 0.884. The fourth-order valence-electron chi connectivity index (χ4n) is 1.74. The molecule has 2 N–H and O–H groups in total. The Morgan fingerprint density at radius 2 is 2.16 bits per heavy atom. The van der Waals surface area contributed by atoms with E-state index in [0.29, 0.717) is 24.1 Å². The highest BCUT2D eigenvalue weighted by Gasteiger charge is 2.17. The number of hydrogen-bond acceptors (Lipinski definition) is 6. The van der Waals surface area contributed by atoms with Gasteiger partial charge in [-0.3, -0.25) is 0 Å². The summed E-state index contributed by atoms with van der Waals surface area (Å²) in [7, 11) is 3.17.